The molecule has 0 atom stereocenters. The molecule has 6 nitrogen and oxygen atoms in total. The second-order valence-electron chi connectivity index (χ2n) is 5.52. The standard InChI is InChI=1S/C17H23N3O3S/c1-3-20(24(2,22)23)13-7-12-18-17(21)19-16-11-6-9-14-8-4-5-10-15(14)16/h4-6,8-11H,3,7,12-13H2,1-2H3,(H2,18,19,21). The number of benzene rings is 2. The molecule has 2 amide bonds. The summed E-state index contributed by atoms with van der Waals surface area (Å²) in [5, 5.41) is 7.62. The number of rotatable bonds is 7. The van der Waals surface area contributed by atoms with E-state index in [0.29, 0.717) is 26.1 Å². The number of hydrogen-bond acceptors (Lipinski definition) is 3. The lowest BCUT2D eigenvalue weighted by molar-refractivity contribution is 0.251. The first-order chi connectivity index (χ1) is 11.4. The van der Waals surface area contributed by atoms with Crippen molar-refractivity contribution in [3.8, 4) is 0 Å². The van der Waals surface area contributed by atoms with Crippen LogP contribution in [0.4, 0.5) is 10.5 Å². The molecule has 0 spiro atoms. The highest BCUT2D eigenvalue weighted by Gasteiger charge is 2.13. The summed E-state index contributed by atoms with van der Waals surface area (Å²) in [7, 11) is -3.18. The van der Waals surface area contributed by atoms with Gasteiger partial charge in [0, 0.05) is 25.0 Å². The van der Waals surface area contributed by atoms with E-state index in [-0.39, 0.29) is 6.03 Å². The quantitative estimate of drug-likeness (QED) is 0.754. The average molecular weight is 349 g/mol. The molecular formula is C17H23N3O3S. The third-order valence-corrected chi connectivity index (χ3v) is 5.11. The summed E-state index contributed by atoms with van der Waals surface area (Å²) in [5.74, 6) is 0. The van der Waals surface area contributed by atoms with Gasteiger partial charge in [0.2, 0.25) is 10.0 Å². The van der Waals surface area contributed by atoms with Crippen molar-refractivity contribution in [1.82, 2.24) is 9.62 Å². The van der Waals surface area contributed by atoms with Crippen LogP contribution in [0, 0.1) is 0 Å². The first-order valence-corrected chi connectivity index (χ1v) is 9.74. The zero-order valence-electron chi connectivity index (χ0n) is 14.0. The van der Waals surface area contributed by atoms with Crippen LogP contribution in [-0.2, 0) is 10.0 Å². The number of nitrogens with one attached hydrogen (secondary N) is 2. The predicted molar refractivity (Wildman–Crippen MR) is 97.7 cm³/mol. The lowest BCUT2D eigenvalue weighted by atomic mass is 10.1. The molecule has 24 heavy (non-hydrogen) atoms. The summed E-state index contributed by atoms with van der Waals surface area (Å²) in [5.41, 5.74) is 0.747. The van der Waals surface area contributed by atoms with Gasteiger partial charge in [-0.1, -0.05) is 43.3 Å². The molecule has 2 aromatic rings. The maximum Gasteiger partial charge on any atom is 0.319 e. The Morgan fingerprint density at radius 1 is 1.12 bits per heavy atom. The zero-order valence-corrected chi connectivity index (χ0v) is 14.8. The van der Waals surface area contributed by atoms with E-state index in [9.17, 15) is 13.2 Å². The number of sulfonamides is 1. The van der Waals surface area contributed by atoms with Gasteiger partial charge in [0.05, 0.1) is 11.9 Å². The molecule has 130 valence electrons. The predicted octanol–water partition coefficient (Wildman–Crippen LogP) is 2.63. The summed E-state index contributed by atoms with van der Waals surface area (Å²) in [6.07, 6.45) is 1.75. The maximum atomic E-state index is 12.0. The first-order valence-electron chi connectivity index (χ1n) is 7.89. The van der Waals surface area contributed by atoms with Crippen molar-refractivity contribution >= 4 is 32.5 Å². The summed E-state index contributed by atoms with van der Waals surface area (Å²) in [6, 6.07) is 13.3. The fourth-order valence-electron chi connectivity index (χ4n) is 2.52. The molecule has 2 aromatic carbocycles. The molecule has 0 radical (unpaired) electrons. The number of nitrogens with zero attached hydrogens (tertiary/aromatic N) is 1. The normalized spacial score (nSPS) is 11.6. The minimum Gasteiger partial charge on any atom is -0.338 e. The van der Waals surface area contributed by atoms with Crippen LogP contribution in [0.5, 0.6) is 0 Å². The van der Waals surface area contributed by atoms with Gasteiger partial charge >= 0.3 is 6.03 Å². The van der Waals surface area contributed by atoms with Gasteiger partial charge in [0.1, 0.15) is 0 Å². The summed E-state index contributed by atoms with van der Waals surface area (Å²) in [6.45, 7) is 3.02. The van der Waals surface area contributed by atoms with Crippen molar-refractivity contribution < 1.29 is 13.2 Å². The van der Waals surface area contributed by atoms with Gasteiger partial charge in [-0.05, 0) is 17.9 Å². The minimum absolute atomic E-state index is 0.297. The first kappa shape index (κ1) is 18.2. The summed E-state index contributed by atoms with van der Waals surface area (Å²) in [4.78, 5) is 12.0. The van der Waals surface area contributed by atoms with E-state index in [1.165, 1.54) is 10.6 Å². The number of fused-ring (bicyclic) bond motifs is 1. The smallest absolute Gasteiger partial charge is 0.319 e. The van der Waals surface area contributed by atoms with Crippen LogP contribution in [0.1, 0.15) is 13.3 Å². The van der Waals surface area contributed by atoms with Crippen molar-refractivity contribution in [3.05, 3.63) is 42.5 Å². The molecule has 0 unspecified atom stereocenters. The maximum absolute atomic E-state index is 12.0. The second kappa shape index (κ2) is 8.12. The highest BCUT2D eigenvalue weighted by molar-refractivity contribution is 7.88. The van der Waals surface area contributed by atoms with Gasteiger partial charge < -0.3 is 10.6 Å². The number of carbonyl (C=O) groups is 1. The Morgan fingerprint density at radius 3 is 2.54 bits per heavy atom. The van der Waals surface area contributed by atoms with E-state index in [2.05, 4.69) is 10.6 Å². The van der Waals surface area contributed by atoms with Gasteiger partial charge in [-0.3, -0.25) is 0 Å². The Hall–Kier alpha value is -2.12. The molecule has 0 bridgehead atoms. The van der Waals surface area contributed by atoms with Crippen LogP contribution in [0.3, 0.4) is 0 Å². The monoisotopic (exact) mass is 349 g/mol. The van der Waals surface area contributed by atoms with E-state index in [0.717, 1.165) is 16.5 Å². The lowest BCUT2D eigenvalue weighted by Gasteiger charge is -2.17. The van der Waals surface area contributed by atoms with E-state index in [1.54, 1.807) is 6.92 Å². The summed E-state index contributed by atoms with van der Waals surface area (Å²) < 4.78 is 24.4. The number of carbonyl (C=O) groups excluding carboxylic acids is 1. The fraction of sp³-hybridized carbons (Fsp3) is 0.353. The molecule has 0 aliphatic carbocycles. The third kappa shape index (κ3) is 4.94. The van der Waals surface area contributed by atoms with Crippen molar-refractivity contribution in [2.24, 2.45) is 0 Å². The molecule has 0 aliphatic rings. The fourth-order valence-corrected chi connectivity index (χ4v) is 3.45. The Labute approximate surface area is 142 Å². The molecule has 2 N–H and O–H groups in total. The zero-order chi connectivity index (χ0) is 17.6. The van der Waals surface area contributed by atoms with E-state index >= 15 is 0 Å². The van der Waals surface area contributed by atoms with E-state index in [1.807, 2.05) is 42.5 Å². The molecule has 0 fully saturated rings. The molecule has 7 heteroatoms. The van der Waals surface area contributed by atoms with Crippen molar-refractivity contribution in [1.29, 1.82) is 0 Å². The van der Waals surface area contributed by atoms with Crippen molar-refractivity contribution in [2.45, 2.75) is 13.3 Å². The largest absolute Gasteiger partial charge is 0.338 e. The van der Waals surface area contributed by atoms with Crippen LogP contribution in [-0.4, -0.2) is 44.6 Å². The molecule has 0 saturated carbocycles. The van der Waals surface area contributed by atoms with Gasteiger partial charge in [-0.25, -0.2) is 17.5 Å². The highest BCUT2D eigenvalue weighted by Crippen LogP contribution is 2.22. The Kier molecular flexibility index (Phi) is 6.16. The van der Waals surface area contributed by atoms with Gasteiger partial charge in [0.15, 0.2) is 0 Å². The number of urea groups is 1. The molecule has 0 heterocycles. The van der Waals surface area contributed by atoms with Crippen LogP contribution < -0.4 is 10.6 Å². The summed E-state index contributed by atoms with van der Waals surface area (Å²) >= 11 is 0. The van der Waals surface area contributed by atoms with Crippen LogP contribution in [0.2, 0.25) is 0 Å². The van der Waals surface area contributed by atoms with Crippen molar-refractivity contribution in [3.63, 3.8) is 0 Å². The van der Waals surface area contributed by atoms with Gasteiger partial charge in [-0.15, -0.1) is 0 Å². The molecule has 0 aliphatic heterocycles. The van der Waals surface area contributed by atoms with Gasteiger partial charge in [0.25, 0.3) is 0 Å². The Bertz CT molecular complexity index is 800. The molecule has 0 saturated heterocycles. The number of hydrogen-bond donors (Lipinski definition) is 2. The highest BCUT2D eigenvalue weighted by atomic mass is 32.2. The van der Waals surface area contributed by atoms with E-state index in [4.69, 9.17) is 0 Å². The Morgan fingerprint density at radius 2 is 1.83 bits per heavy atom. The second-order valence-corrected chi connectivity index (χ2v) is 7.50. The van der Waals surface area contributed by atoms with Crippen LogP contribution >= 0.6 is 0 Å². The molecule has 2 rings (SSSR count). The average Bonchev–Trinajstić information content (AvgIpc) is 2.54. The number of amides is 2. The van der Waals surface area contributed by atoms with Crippen molar-refractivity contribution in [2.75, 3.05) is 31.2 Å². The Balaban J connectivity index is 1.85. The molecular weight excluding hydrogens is 326 g/mol. The lowest BCUT2D eigenvalue weighted by Crippen LogP contribution is -2.34. The minimum atomic E-state index is -3.18. The van der Waals surface area contributed by atoms with Crippen LogP contribution in [0.25, 0.3) is 10.8 Å². The topological polar surface area (TPSA) is 78.5 Å². The van der Waals surface area contributed by atoms with Gasteiger partial charge in [-0.2, -0.15) is 0 Å². The number of anilines is 1. The third-order valence-electron chi connectivity index (χ3n) is 3.73. The van der Waals surface area contributed by atoms with E-state index < -0.39 is 10.0 Å². The van der Waals surface area contributed by atoms with Crippen LogP contribution in [0.15, 0.2) is 42.5 Å². The molecule has 0 aromatic heterocycles. The SMILES string of the molecule is CCN(CCCNC(=O)Nc1cccc2ccccc12)S(C)(=O)=O.